The van der Waals surface area contributed by atoms with Crippen LogP contribution in [0.15, 0.2) is 48.5 Å². The molecule has 0 atom stereocenters. The summed E-state index contributed by atoms with van der Waals surface area (Å²) in [6, 6.07) is 12.3. The summed E-state index contributed by atoms with van der Waals surface area (Å²) >= 11 is 0. The van der Waals surface area contributed by atoms with Crippen LogP contribution in [-0.2, 0) is 0 Å². The Hall–Kier alpha value is 2.49. The second-order valence-electron chi connectivity index (χ2n) is 3.27. The van der Waals surface area contributed by atoms with Gasteiger partial charge in [0.15, 0.2) is 23.0 Å². The van der Waals surface area contributed by atoms with Crippen LogP contribution in [0.2, 0.25) is 0 Å². The molecule has 7 nitrogen and oxygen atoms in total. The van der Waals surface area contributed by atoms with Crippen molar-refractivity contribution in [3.63, 3.8) is 0 Å². The first-order chi connectivity index (χ1) is 9.34. The molecule has 2 aromatic rings. The molecule has 0 aliphatic heterocycles. The summed E-state index contributed by atoms with van der Waals surface area (Å²) in [5.74, 6) is -0.306. The molecule has 0 radical (unpaired) electrons. The van der Waals surface area contributed by atoms with Gasteiger partial charge in [0.1, 0.15) is 0 Å². The van der Waals surface area contributed by atoms with Gasteiger partial charge in [0.05, 0.1) is 0 Å². The zero-order valence-electron chi connectivity index (χ0n) is 13.2. The van der Waals surface area contributed by atoms with Gasteiger partial charge < -0.3 is 35.5 Å². The van der Waals surface area contributed by atoms with Crippen LogP contribution in [0.4, 0.5) is 0 Å². The first kappa shape index (κ1) is 33.1. The summed E-state index contributed by atoms with van der Waals surface area (Å²) in [7, 11) is -2.92. The molecular weight excluding hydrogens is 384 g/mol. The molecule has 0 spiro atoms. The molecule has 0 saturated heterocycles. The average Bonchev–Trinajstić information content (AvgIpc) is 2.37. The molecule has 2 aromatic carbocycles. The Morgan fingerprint density at radius 1 is 0.522 bits per heavy atom. The smallest absolute Gasteiger partial charge is 0.907 e. The topological polar surface area (TPSA) is 150 Å². The van der Waals surface area contributed by atoms with Gasteiger partial charge in [-0.15, -0.1) is 0 Å². The van der Waals surface area contributed by atoms with Crippen LogP contribution in [0.25, 0.3) is 0 Å². The molecule has 0 fully saturated rings. The summed E-state index contributed by atoms with van der Waals surface area (Å²) in [4.78, 5) is 0. The molecule has 0 aliphatic rings. The van der Waals surface area contributed by atoms with Crippen molar-refractivity contribution in [2.75, 3.05) is 0 Å². The Morgan fingerprint density at radius 3 is 0.739 bits per heavy atom. The molecule has 0 aliphatic carbocycles. The fraction of sp³-hybridized carbons (Fsp3) is 0. The Labute approximate surface area is 262 Å². The van der Waals surface area contributed by atoms with Crippen molar-refractivity contribution < 1.29 is 190 Å². The zero-order chi connectivity index (χ0) is 15.5. The quantitative estimate of drug-likeness (QED) is 0.255. The van der Waals surface area contributed by atoms with Gasteiger partial charge >= 0.3 is 154 Å². The summed E-state index contributed by atoms with van der Waals surface area (Å²) in [5, 5.41) is 59.9. The van der Waals surface area contributed by atoms with Crippen LogP contribution in [0, 0.1) is 0 Å². The van der Waals surface area contributed by atoms with E-state index in [-0.39, 0.29) is 177 Å². The fourth-order valence-electron chi connectivity index (χ4n) is 0.928. The number of rotatable bonds is 0. The van der Waals surface area contributed by atoms with E-state index in [9.17, 15) is 0 Å². The van der Waals surface area contributed by atoms with E-state index in [0.29, 0.717) is 0 Å². The predicted molar refractivity (Wildman–Crippen MR) is 65.3 cm³/mol. The molecule has 2 rings (SSSR count). The van der Waals surface area contributed by atoms with Gasteiger partial charge in [-0.1, -0.05) is 24.3 Å². The van der Waals surface area contributed by atoms with Gasteiger partial charge in [-0.25, -0.2) is 0 Å². The molecule has 11 heteroatoms. The predicted octanol–water partition coefficient (Wildman–Crippen LogP) is -10.7. The summed E-state index contributed by atoms with van der Waals surface area (Å²) in [6.07, 6.45) is 0. The van der Waals surface area contributed by atoms with Crippen molar-refractivity contribution in [1.29, 1.82) is 0 Å². The Balaban J connectivity index is -0.000000116. The van der Waals surface area contributed by atoms with Gasteiger partial charge in [0.2, 0.25) is 0 Å². The molecule has 0 aromatic heterocycles. The summed E-state index contributed by atoms with van der Waals surface area (Å²) in [6.45, 7) is 0. The summed E-state index contributed by atoms with van der Waals surface area (Å²) < 4.78 is 0. The van der Waals surface area contributed by atoms with Crippen LogP contribution >= 0.6 is 0 Å². The Bertz CT molecular complexity index is 429. The second kappa shape index (κ2) is 20.8. The largest absolute Gasteiger partial charge is 1.00 e. The van der Waals surface area contributed by atoms with Crippen molar-refractivity contribution in [2.24, 2.45) is 0 Å². The Morgan fingerprint density at radius 2 is 0.652 bits per heavy atom. The van der Waals surface area contributed by atoms with E-state index in [1.807, 2.05) is 0 Å². The van der Waals surface area contributed by atoms with Gasteiger partial charge in [-0.2, -0.15) is 0 Å². The SMILES string of the molecule is Oc1ccccc1O.Oc1ccccc1O.[K+].[K+].[K+].[O-]B([O-])[O-]. The van der Waals surface area contributed by atoms with E-state index in [0.717, 1.165) is 0 Å². The van der Waals surface area contributed by atoms with Crippen LogP contribution < -0.4 is 169 Å². The molecule has 0 amide bonds. The maximum absolute atomic E-state index is 8.67. The van der Waals surface area contributed by atoms with Crippen molar-refractivity contribution in [3.8, 4) is 23.0 Å². The van der Waals surface area contributed by atoms with Crippen LogP contribution in [0.5, 0.6) is 23.0 Å². The minimum atomic E-state index is -2.92. The summed E-state index contributed by atoms with van der Waals surface area (Å²) in [5.41, 5.74) is 0. The van der Waals surface area contributed by atoms with E-state index in [2.05, 4.69) is 0 Å². The maximum Gasteiger partial charge on any atom is 1.00 e. The van der Waals surface area contributed by atoms with E-state index < -0.39 is 7.32 Å². The third kappa shape index (κ3) is 20.7. The number of hydrogen-bond donors (Lipinski definition) is 4. The van der Waals surface area contributed by atoms with E-state index in [4.69, 9.17) is 35.5 Å². The first-order valence-electron chi connectivity index (χ1n) is 5.26. The minimum absolute atomic E-state index is 0. The second-order valence-corrected chi connectivity index (χ2v) is 3.27. The molecule has 0 saturated carbocycles. The van der Waals surface area contributed by atoms with E-state index in [1.54, 1.807) is 24.3 Å². The van der Waals surface area contributed by atoms with Crippen LogP contribution in [-0.4, -0.2) is 27.7 Å². The van der Waals surface area contributed by atoms with Crippen molar-refractivity contribution >= 4 is 7.32 Å². The molecule has 23 heavy (non-hydrogen) atoms. The van der Waals surface area contributed by atoms with Crippen molar-refractivity contribution in [1.82, 2.24) is 0 Å². The van der Waals surface area contributed by atoms with Gasteiger partial charge in [-0.3, -0.25) is 7.32 Å². The normalized spacial score (nSPS) is 7.43. The van der Waals surface area contributed by atoms with E-state index in [1.165, 1.54) is 24.3 Å². The number of phenols is 4. The molecule has 0 heterocycles. The number of para-hydroxylation sites is 4. The molecule has 4 N–H and O–H groups in total. The van der Waals surface area contributed by atoms with Crippen molar-refractivity contribution in [3.05, 3.63) is 48.5 Å². The molecular formula is C12H12BK3O7. The van der Waals surface area contributed by atoms with Gasteiger partial charge in [0, 0.05) is 0 Å². The third-order valence-electron chi connectivity index (χ3n) is 1.76. The van der Waals surface area contributed by atoms with E-state index >= 15 is 0 Å². The molecule has 108 valence electrons. The Kier molecular flexibility index (Phi) is 29.9. The number of benzene rings is 2. The molecule has 0 bridgehead atoms. The number of hydrogen-bond acceptors (Lipinski definition) is 7. The zero-order valence-corrected chi connectivity index (χ0v) is 22.6. The number of phenolic OH excluding ortho intramolecular Hbond substituents is 4. The monoisotopic (exact) mass is 396 g/mol. The first-order valence-corrected chi connectivity index (χ1v) is 5.26. The molecule has 0 unspecified atom stereocenters. The maximum atomic E-state index is 8.67. The van der Waals surface area contributed by atoms with Crippen LogP contribution in [0.1, 0.15) is 0 Å². The average molecular weight is 396 g/mol. The fourth-order valence-corrected chi connectivity index (χ4v) is 0.928. The standard InChI is InChI=1S/2C6H6O2.BO3.3K/c2*7-5-3-1-2-4-6(5)8;2-1(3)4;;;/h2*1-4,7-8H;;;;/q;;-3;3*+1. The van der Waals surface area contributed by atoms with Crippen molar-refractivity contribution in [2.45, 2.75) is 0 Å². The van der Waals surface area contributed by atoms with Gasteiger partial charge in [-0.05, 0) is 24.3 Å². The third-order valence-corrected chi connectivity index (χ3v) is 1.76. The van der Waals surface area contributed by atoms with Crippen LogP contribution in [0.3, 0.4) is 0 Å². The van der Waals surface area contributed by atoms with Gasteiger partial charge in [0.25, 0.3) is 0 Å². The minimum Gasteiger partial charge on any atom is -0.907 e. The number of aromatic hydroxyl groups is 4.